The van der Waals surface area contributed by atoms with Crippen molar-refractivity contribution < 1.29 is 31.5 Å². The Kier molecular flexibility index (Phi) is 9.33. The van der Waals surface area contributed by atoms with Crippen molar-refractivity contribution in [3.63, 3.8) is 0 Å². The Morgan fingerprint density at radius 3 is 2.35 bits per heavy atom. The summed E-state index contributed by atoms with van der Waals surface area (Å²) in [7, 11) is 0. The van der Waals surface area contributed by atoms with Crippen LogP contribution in [-0.2, 0) is 6.18 Å². The van der Waals surface area contributed by atoms with Gasteiger partial charge in [0.2, 0.25) is 11.8 Å². The van der Waals surface area contributed by atoms with Gasteiger partial charge in [-0.3, -0.25) is 4.79 Å². The van der Waals surface area contributed by atoms with Crippen LogP contribution in [0.4, 0.5) is 39.3 Å². The van der Waals surface area contributed by atoms with Crippen LogP contribution in [0.5, 0.6) is 11.6 Å². The second-order valence-corrected chi connectivity index (χ2v) is 8.71. The zero-order chi connectivity index (χ0) is 31.1. The lowest BCUT2D eigenvalue weighted by Gasteiger charge is -2.13. The summed E-state index contributed by atoms with van der Waals surface area (Å²) in [5, 5.41) is 8.91. The molecule has 2 heterocycles. The van der Waals surface area contributed by atoms with Gasteiger partial charge in [-0.25, -0.2) is 18.4 Å². The first-order chi connectivity index (χ1) is 20.6. The van der Waals surface area contributed by atoms with Crippen LogP contribution in [0.15, 0.2) is 85.2 Å². The molecule has 0 unspecified atom stereocenters. The number of carbonyl (C=O) groups is 1. The molecule has 2 N–H and O–H groups in total. The molecule has 0 radical (unpaired) electrons. The van der Waals surface area contributed by atoms with E-state index in [0.717, 1.165) is 47.8 Å². The van der Waals surface area contributed by atoms with Crippen molar-refractivity contribution >= 4 is 23.2 Å². The van der Waals surface area contributed by atoms with Crippen molar-refractivity contribution in [3.8, 4) is 17.3 Å². The van der Waals surface area contributed by atoms with E-state index in [1.54, 1.807) is 0 Å². The van der Waals surface area contributed by atoms with Crippen LogP contribution >= 0.6 is 0 Å². The molecule has 5 rings (SSSR count). The first-order valence-corrected chi connectivity index (χ1v) is 12.9. The molecule has 0 fully saturated rings. The average molecular weight is 597 g/mol. The lowest BCUT2D eigenvalue weighted by atomic mass is 10.2. The molecule has 0 atom stereocenters. The molecular formula is C30H25F5N6O2. The number of hydrogen-bond acceptors (Lipinski definition) is 6. The van der Waals surface area contributed by atoms with Gasteiger partial charge in [-0.05, 0) is 61.0 Å². The summed E-state index contributed by atoms with van der Waals surface area (Å²) in [4.78, 5) is 21.1. The minimum Gasteiger partial charge on any atom is -0.436 e. The van der Waals surface area contributed by atoms with Crippen LogP contribution in [0.3, 0.4) is 0 Å². The summed E-state index contributed by atoms with van der Waals surface area (Å²) in [6, 6.07) is 16.3. The summed E-state index contributed by atoms with van der Waals surface area (Å²) in [6.45, 7) is 5.93. The van der Waals surface area contributed by atoms with Crippen LogP contribution in [0.25, 0.3) is 5.69 Å². The van der Waals surface area contributed by atoms with Crippen LogP contribution in [0, 0.1) is 18.6 Å². The number of aryl methyl sites for hydroxylation is 1. The number of nitrogens with one attached hydrogen (secondary N) is 2. The molecule has 8 nitrogen and oxygen atoms in total. The molecule has 0 aliphatic rings. The van der Waals surface area contributed by atoms with Gasteiger partial charge in [0, 0.05) is 29.7 Å². The maximum Gasteiger partial charge on any atom is 0.434 e. The Morgan fingerprint density at radius 2 is 1.67 bits per heavy atom. The molecule has 0 saturated heterocycles. The maximum atomic E-state index is 14.8. The van der Waals surface area contributed by atoms with E-state index in [2.05, 4.69) is 25.7 Å². The SMILES string of the molecule is CC.Cc1cccc(Nc2nccc(Oc3ccc(NC(=O)c4cnn(-c5ccc(F)cc5)c4C(F)(F)F)cc3F)n2)c1. The van der Waals surface area contributed by atoms with Crippen molar-refractivity contribution in [1.29, 1.82) is 0 Å². The number of carbonyl (C=O) groups excluding carboxylic acids is 1. The number of nitrogens with zero attached hydrogens (tertiary/aromatic N) is 4. The molecule has 0 aliphatic carbocycles. The number of ether oxygens (including phenoxy) is 1. The van der Waals surface area contributed by atoms with Gasteiger partial charge in [-0.1, -0.05) is 26.0 Å². The Labute approximate surface area is 243 Å². The third kappa shape index (κ3) is 7.50. The number of alkyl halides is 3. The molecule has 0 aliphatic heterocycles. The Bertz CT molecular complexity index is 1720. The van der Waals surface area contributed by atoms with Gasteiger partial charge in [-0.2, -0.15) is 23.3 Å². The van der Waals surface area contributed by atoms with Gasteiger partial charge in [0.25, 0.3) is 5.91 Å². The van der Waals surface area contributed by atoms with Gasteiger partial charge in [0.05, 0.1) is 17.4 Å². The second kappa shape index (κ2) is 13.1. The predicted octanol–water partition coefficient (Wildman–Crippen LogP) is 8.08. The number of halogens is 5. The van der Waals surface area contributed by atoms with Crippen molar-refractivity contribution in [2.24, 2.45) is 0 Å². The van der Waals surface area contributed by atoms with E-state index >= 15 is 0 Å². The zero-order valence-corrected chi connectivity index (χ0v) is 23.1. The van der Waals surface area contributed by atoms with Gasteiger partial charge >= 0.3 is 6.18 Å². The molecule has 0 saturated carbocycles. The van der Waals surface area contributed by atoms with Crippen molar-refractivity contribution in [2.75, 3.05) is 10.6 Å². The highest BCUT2D eigenvalue weighted by Crippen LogP contribution is 2.34. The van der Waals surface area contributed by atoms with Crippen LogP contribution < -0.4 is 15.4 Å². The highest BCUT2D eigenvalue weighted by Gasteiger charge is 2.40. The second-order valence-electron chi connectivity index (χ2n) is 8.71. The molecule has 1 amide bonds. The largest absolute Gasteiger partial charge is 0.436 e. The number of benzene rings is 3. The van der Waals surface area contributed by atoms with Gasteiger partial charge in [-0.15, -0.1) is 0 Å². The van der Waals surface area contributed by atoms with Crippen molar-refractivity contribution in [1.82, 2.24) is 19.7 Å². The minimum atomic E-state index is -4.98. The topological polar surface area (TPSA) is 94.0 Å². The summed E-state index contributed by atoms with van der Waals surface area (Å²) in [5.41, 5.74) is -0.657. The van der Waals surface area contributed by atoms with Crippen molar-refractivity contribution in [2.45, 2.75) is 26.9 Å². The summed E-state index contributed by atoms with van der Waals surface area (Å²) in [6.07, 6.45) is -2.84. The van der Waals surface area contributed by atoms with Gasteiger partial charge < -0.3 is 15.4 Å². The Hall–Kier alpha value is -5.33. The minimum absolute atomic E-state index is 0.0221. The fourth-order valence-corrected chi connectivity index (χ4v) is 3.85. The Morgan fingerprint density at radius 1 is 0.930 bits per heavy atom. The molecule has 0 bridgehead atoms. The van der Waals surface area contributed by atoms with Gasteiger partial charge in [0.1, 0.15) is 5.82 Å². The van der Waals surface area contributed by atoms with Crippen molar-refractivity contribution in [3.05, 3.63) is 114 Å². The van der Waals surface area contributed by atoms with E-state index in [4.69, 9.17) is 4.74 Å². The highest BCUT2D eigenvalue weighted by molar-refractivity contribution is 6.05. The van der Waals surface area contributed by atoms with E-state index in [-0.39, 0.29) is 29.0 Å². The van der Waals surface area contributed by atoms with Crippen LogP contribution in [-0.4, -0.2) is 25.7 Å². The van der Waals surface area contributed by atoms with E-state index in [1.165, 1.54) is 24.4 Å². The average Bonchev–Trinajstić information content (AvgIpc) is 3.43. The van der Waals surface area contributed by atoms with Gasteiger partial charge in [0.15, 0.2) is 17.3 Å². The molecule has 43 heavy (non-hydrogen) atoms. The number of anilines is 3. The third-order valence-electron chi connectivity index (χ3n) is 5.66. The molecule has 222 valence electrons. The molecular weight excluding hydrogens is 571 g/mol. The van der Waals surface area contributed by atoms with E-state index < -0.39 is 35.0 Å². The maximum absolute atomic E-state index is 14.8. The fraction of sp³-hybridized carbons (Fsp3) is 0.133. The molecule has 5 aromatic rings. The Balaban J connectivity index is 0.00000207. The van der Waals surface area contributed by atoms with E-state index in [1.807, 2.05) is 45.0 Å². The van der Waals surface area contributed by atoms with E-state index in [0.29, 0.717) is 4.68 Å². The standard InChI is InChI=1S/C28H19F5N6O2.C2H6/c1-16-3-2-4-18(13-16)37-27-34-12-11-24(38-27)41-23-10-7-19(14-22(23)30)36-26(40)21-15-35-39(25(21)28(31,32)33)20-8-5-17(29)6-9-20;1-2/h2-15H,1H3,(H,36,40)(H,34,37,38);1-2H3. The van der Waals surface area contributed by atoms with E-state index in [9.17, 15) is 26.7 Å². The lowest BCUT2D eigenvalue weighted by molar-refractivity contribution is -0.143. The van der Waals surface area contributed by atoms with Crippen LogP contribution in [0.2, 0.25) is 0 Å². The smallest absolute Gasteiger partial charge is 0.434 e. The number of rotatable bonds is 7. The number of amides is 1. The highest BCUT2D eigenvalue weighted by atomic mass is 19.4. The summed E-state index contributed by atoms with van der Waals surface area (Å²) < 4.78 is 75.8. The molecule has 0 spiro atoms. The summed E-state index contributed by atoms with van der Waals surface area (Å²) >= 11 is 0. The predicted molar refractivity (Wildman–Crippen MR) is 151 cm³/mol. The normalized spacial score (nSPS) is 10.9. The lowest BCUT2D eigenvalue weighted by Crippen LogP contribution is -2.20. The molecule has 13 heteroatoms. The number of hydrogen-bond donors (Lipinski definition) is 2. The zero-order valence-electron chi connectivity index (χ0n) is 23.1. The molecule has 3 aromatic carbocycles. The first kappa shape index (κ1) is 30.6. The molecule has 2 aromatic heterocycles. The summed E-state index contributed by atoms with van der Waals surface area (Å²) in [5.74, 6) is -2.76. The third-order valence-corrected chi connectivity index (χ3v) is 5.66. The first-order valence-electron chi connectivity index (χ1n) is 12.9. The monoisotopic (exact) mass is 596 g/mol. The quantitative estimate of drug-likeness (QED) is 0.185. The van der Waals surface area contributed by atoms with Crippen LogP contribution in [0.1, 0.15) is 35.5 Å². The number of aromatic nitrogens is 4. The fourth-order valence-electron chi connectivity index (χ4n) is 3.85.